The normalized spacial score (nSPS) is 12.2. The standard InChI is InChI=1S/C14H11N3O3S/c18-14-12-4-2-1-3-11(12)13(15-16-14)9-5-7-10(8-6-9)17-21(19)20/h1-8,17H,(H,16,18)(H,19,20)/p-1. The van der Waals surface area contributed by atoms with Crippen LogP contribution >= 0.6 is 0 Å². The van der Waals surface area contributed by atoms with Crippen LogP contribution < -0.4 is 10.3 Å². The molecule has 0 fully saturated rings. The van der Waals surface area contributed by atoms with Crippen LogP contribution in [0.1, 0.15) is 0 Å². The Morgan fingerprint density at radius 2 is 1.71 bits per heavy atom. The molecule has 7 heteroatoms. The highest BCUT2D eigenvalue weighted by Crippen LogP contribution is 2.25. The lowest BCUT2D eigenvalue weighted by Gasteiger charge is -2.09. The molecule has 0 aliphatic heterocycles. The molecule has 0 aliphatic rings. The predicted molar refractivity (Wildman–Crippen MR) is 80.3 cm³/mol. The van der Waals surface area contributed by atoms with E-state index < -0.39 is 11.3 Å². The second-order valence-electron chi connectivity index (χ2n) is 4.36. The third kappa shape index (κ3) is 2.69. The van der Waals surface area contributed by atoms with E-state index in [1.54, 1.807) is 36.4 Å². The van der Waals surface area contributed by atoms with Gasteiger partial charge < -0.3 is 9.27 Å². The molecule has 3 rings (SSSR count). The monoisotopic (exact) mass is 300 g/mol. The van der Waals surface area contributed by atoms with Gasteiger partial charge in [-0.2, -0.15) is 5.10 Å². The summed E-state index contributed by atoms with van der Waals surface area (Å²) < 4.78 is 23.4. The molecule has 0 saturated carbocycles. The van der Waals surface area contributed by atoms with Crippen LogP contribution in [0.15, 0.2) is 53.3 Å². The van der Waals surface area contributed by atoms with Gasteiger partial charge in [0.05, 0.1) is 11.1 Å². The molecule has 2 N–H and O–H groups in total. The Bertz CT molecular complexity index is 875. The maximum absolute atomic E-state index is 11.7. The summed E-state index contributed by atoms with van der Waals surface area (Å²) in [6, 6.07) is 13.9. The molecule has 2 aromatic carbocycles. The van der Waals surface area contributed by atoms with Gasteiger partial charge in [-0.25, -0.2) is 5.10 Å². The minimum absolute atomic E-state index is 0.241. The Kier molecular flexibility index (Phi) is 3.51. The molecule has 0 radical (unpaired) electrons. The number of aromatic nitrogens is 2. The van der Waals surface area contributed by atoms with Gasteiger partial charge in [-0.05, 0) is 18.2 Å². The molecular formula is C14H10N3O3S-. The van der Waals surface area contributed by atoms with Crippen molar-refractivity contribution in [2.45, 2.75) is 0 Å². The first-order valence-electron chi connectivity index (χ1n) is 6.09. The first kappa shape index (κ1) is 13.5. The van der Waals surface area contributed by atoms with E-state index in [9.17, 15) is 13.6 Å². The fraction of sp³-hybridized carbons (Fsp3) is 0. The molecule has 0 bridgehead atoms. The number of hydrogen-bond donors (Lipinski definition) is 2. The summed E-state index contributed by atoms with van der Waals surface area (Å²) in [6.07, 6.45) is 0. The Balaban J connectivity index is 2.10. The van der Waals surface area contributed by atoms with E-state index in [0.29, 0.717) is 16.8 Å². The third-order valence-corrected chi connectivity index (χ3v) is 3.46. The number of fused-ring (bicyclic) bond motifs is 1. The summed E-state index contributed by atoms with van der Waals surface area (Å²) >= 11 is -2.36. The van der Waals surface area contributed by atoms with Crippen LogP contribution in [-0.4, -0.2) is 19.0 Å². The second-order valence-corrected chi connectivity index (χ2v) is 5.03. The summed E-state index contributed by atoms with van der Waals surface area (Å²) in [6.45, 7) is 0. The van der Waals surface area contributed by atoms with E-state index in [2.05, 4.69) is 14.9 Å². The maximum atomic E-state index is 11.7. The summed E-state index contributed by atoms with van der Waals surface area (Å²) in [4.78, 5) is 11.7. The van der Waals surface area contributed by atoms with Crippen molar-refractivity contribution < 1.29 is 8.76 Å². The predicted octanol–water partition coefficient (Wildman–Crippen LogP) is 1.80. The number of benzene rings is 2. The van der Waals surface area contributed by atoms with Crippen molar-refractivity contribution in [3.05, 3.63) is 58.9 Å². The van der Waals surface area contributed by atoms with Crippen molar-refractivity contribution in [1.29, 1.82) is 0 Å². The summed E-state index contributed by atoms with van der Waals surface area (Å²) in [5.41, 5.74) is 1.64. The van der Waals surface area contributed by atoms with Crippen molar-refractivity contribution in [3.63, 3.8) is 0 Å². The lowest BCUT2D eigenvalue weighted by Crippen LogP contribution is -2.09. The number of hydrogen-bond acceptors (Lipinski definition) is 4. The van der Waals surface area contributed by atoms with Crippen LogP contribution in [0.25, 0.3) is 22.0 Å². The van der Waals surface area contributed by atoms with Gasteiger partial charge in [0.2, 0.25) is 0 Å². The number of aromatic amines is 1. The Hall–Kier alpha value is -2.51. The van der Waals surface area contributed by atoms with E-state index in [4.69, 9.17) is 0 Å². The Morgan fingerprint density at radius 1 is 1.05 bits per heavy atom. The maximum Gasteiger partial charge on any atom is 0.272 e. The van der Waals surface area contributed by atoms with Crippen LogP contribution in [0.2, 0.25) is 0 Å². The number of anilines is 1. The van der Waals surface area contributed by atoms with Gasteiger partial charge in [-0.1, -0.05) is 30.3 Å². The van der Waals surface area contributed by atoms with E-state index >= 15 is 0 Å². The number of H-pyrrole nitrogens is 1. The molecule has 1 aromatic heterocycles. The van der Waals surface area contributed by atoms with Crippen LogP contribution in [0.3, 0.4) is 0 Å². The highest BCUT2D eigenvalue weighted by atomic mass is 32.2. The van der Waals surface area contributed by atoms with Gasteiger partial charge in [0, 0.05) is 27.9 Å². The smallest absolute Gasteiger partial charge is 0.272 e. The van der Waals surface area contributed by atoms with Crippen LogP contribution in [0, 0.1) is 0 Å². The van der Waals surface area contributed by atoms with Gasteiger partial charge in [0.25, 0.3) is 5.56 Å². The van der Waals surface area contributed by atoms with Crippen LogP contribution in [-0.2, 0) is 11.3 Å². The van der Waals surface area contributed by atoms with Gasteiger partial charge in [0.1, 0.15) is 0 Å². The van der Waals surface area contributed by atoms with Crippen molar-refractivity contribution in [3.8, 4) is 11.3 Å². The van der Waals surface area contributed by atoms with Crippen molar-refractivity contribution in [2.24, 2.45) is 0 Å². The molecule has 21 heavy (non-hydrogen) atoms. The zero-order valence-electron chi connectivity index (χ0n) is 10.7. The van der Waals surface area contributed by atoms with Crippen molar-refractivity contribution >= 4 is 27.7 Å². The molecule has 0 saturated heterocycles. The molecule has 0 aliphatic carbocycles. The van der Waals surface area contributed by atoms with Gasteiger partial charge in [0.15, 0.2) is 0 Å². The van der Waals surface area contributed by atoms with Crippen molar-refractivity contribution in [2.75, 3.05) is 4.72 Å². The van der Waals surface area contributed by atoms with Gasteiger partial charge in [-0.15, -0.1) is 0 Å². The first-order chi connectivity index (χ1) is 10.1. The zero-order valence-corrected chi connectivity index (χ0v) is 11.5. The molecular weight excluding hydrogens is 290 g/mol. The second kappa shape index (κ2) is 5.47. The molecule has 0 spiro atoms. The quantitative estimate of drug-likeness (QED) is 0.720. The summed E-state index contributed by atoms with van der Waals surface area (Å²) in [5, 5.41) is 7.86. The van der Waals surface area contributed by atoms with Crippen LogP contribution in [0.5, 0.6) is 0 Å². The molecule has 1 unspecified atom stereocenters. The minimum atomic E-state index is -2.36. The third-order valence-electron chi connectivity index (χ3n) is 3.06. The zero-order chi connectivity index (χ0) is 14.8. The fourth-order valence-corrected chi connectivity index (χ4v) is 2.46. The highest BCUT2D eigenvalue weighted by Gasteiger charge is 2.07. The molecule has 0 amide bonds. The van der Waals surface area contributed by atoms with E-state index in [1.165, 1.54) is 0 Å². The average molecular weight is 300 g/mol. The minimum Gasteiger partial charge on any atom is -0.755 e. The molecule has 106 valence electrons. The largest absolute Gasteiger partial charge is 0.755 e. The SMILES string of the molecule is O=c1[nH]nc(-c2ccc(NS(=O)[O-])cc2)c2ccccc12. The molecule has 3 aromatic rings. The summed E-state index contributed by atoms with van der Waals surface area (Å²) in [7, 11) is 0. The summed E-state index contributed by atoms with van der Waals surface area (Å²) in [5.74, 6) is 0. The lowest BCUT2D eigenvalue weighted by atomic mass is 10.1. The fourth-order valence-electron chi connectivity index (χ4n) is 2.13. The average Bonchev–Trinajstić information content (AvgIpc) is 2.48. The first-order valence-corrected chi connectivity index (χ1v) is 7.16. The van der Waals surface area contributed by atoms with Gasteiger partial charge >= 0.3 is 0 Å². The van der Waals surface area contributed by atoms with Gasteiger partial charge in [-0.3, -0.25) is 9.00 Å². The topological polar surface area (TPSA) is 97.9 Å². The molecule has 1 atom stereocenters. The Morgan fingerprint density at radius 3 is 2.38 bits per heavy atom. The number of nitrogens with zero attached hydrogens (tertiary/aromatic N) is 1. The molecule has 6 nitrogen and oxygen atoms in total. The number of nitrogens with one attached hydrogen (secondary N) is 2. The molecule has 1 heterocycles. The lowest BCUT2D eigenvalue weighted by molar-refractivity contribution is 0.542. The van der Waals surface area contributed by atoms with Crippen LogP contribution in [0.4, 0.5) is 5.69 Å². The Labute approximate surface area is 122 Å². The van der Waals surface area contributed by atoms with E-state index in [-0.39, 0.29) is 5.56 Å². The van der Waals surface area contributed by atoms with Crippen molar-refractivity contribution in [1.82, 2.24) is 10.2 Å². The van der Waals surface area contributed by atoms with E-state index in [1.807, 2.05) is 12.1 Å². The number of rotatable bonds is 3. The van der Waals surface area contributed by atoms with E-state index in [0.717, 1.165) is 10.9 Å². The highest BCUT2D eigenvalue weighted by molar-refractivity contribution is 7.80.